The number of ether oxygens (including phenoxy) is 2. The highest BCUT2D eigenvalue weighted by Crippen LogP contribution is 2.22. The van der Waals surface area contributed by atoms with Gasteiger partial charge in [-0.3, -0.25) is 4.79 Å². The van der Waals surface area contributed by atoms with E-state index in [1.165, 1.54) is 5.56 Å². The second-order valence-corrected chi connectivity index (χ2v) is 8.58. The first-order chi connectivity index (χ1) is 13.8. The zero-order valence-electron chi connectivity index (χ0n) is 17.8. The first-order valence-electron chi connectivity index (χ1n) is 10.3. The number of carbonyl (C=O) groups excluding carboxylic acids is 1. The number of carbonyl (C=O) groups is 1. The van der Waals surface area contributed by atoms with Crippen LogP contribution in [-0.4, -0.2) is 24.2 Å². The van der Waals surface area contributed by atoms with Crippen LogP contribution in [0.3, 0.4) is 0 Å². The van der Waals surface area contributed by atoms with Gasteiger partial charge in [0, 0.05) is 24.9 Å². The van der Waals surface area contributed by atoms with E-state index in [0.29, 0.717) is 13.2 Å². The van der Waals surface area contributed by atoms with Gasteiger partial charge >= 0.3 is 0 Å². The van der Waals surface area contributed by atoms with Crippen molar-refractivity contribution in [3.63, 3.8) is 0 Å². The number of amides is 1. The Balaban J connectivity index is 1.53. The normalized spacial score (nSPS) is 17.7. The van der Waals surface area contributed by atoms with Crippen molar-refractivity contribution in [3.05, 3.63) is 59.7 Å². The van der Waals surface area contributed by atoms with Crippen LogP contribution in [-0.2, 0) is 16.1 Å². The highest BCUT2D eigenvalue weighted by atomic mass is 16.5. The molecule has 29 heavy (non-hydrogen) atoms. The maximum absolute atomic E-state index is 12.2. The van der Waals surface area contributed by atoms with Crippen molar-refractivity contribution in [2.75, 3.05) is 11.9 Å². The molecule has 0 bridgehead atoms. The van der Waals surface area contributed by atoms with E-state index >= 15 is 0 Å². The molecular formula is C24H32N2O3. The highest BCUT2D eigenvalue weighted by Gasteiger charge is 2.23. The van der Waals surface area contributed by atoms with E-state index in [9.17, 15) is 4.79 Å². The topological polar surface area (TPSA) is 59.6 Å². The fourth-order valence-electron chi connectivity index (χ4n) is 3.33. The number of nitrogens with one attached hydrogen (secondary N) is 2. The maximum Gasteiger partial charge on any atom is 0.253 e. The molecule has 2 aromatic carbocycles. The largest absolute Gasteiger partial charge is 0.488 e. The van der Waals surface area contributed by atoms with Crippen LogP contribution in [0.15, 0.2) is 48.5 Å². The van der Waals surface area contributed by atoms with E-state index < -0.39 is 0 Å². The van der Waals surface area contributed by atoms with Gasteiger partial charge in [-0.25, -0.2) is 0 Å². The van der Waals surface area contributed by atoms with Crippen molar-refractivity contribution >= 4 is 11.6 Å². The molecule has 3 rings (SSSR count). The molecule has 1 aliphatic rings. The molecule has 1 aliphatic heterocycles. The molecule has 1 fully saturated rings. The van der Waals surface area contributed by atoms with Crippen molar-refractivity contribution in [3.8, 4) is 5.75 Å². The smallest absolute Gasteiger partial charge is 0.253 e. The second-order valence-electron chi connectivity index (χ2n) is 8.58. The molecule has 1 heterocycles. The molecule has 156 valence electrons. The highest BCUT2D eigenvalue weighted by molar-refractivity contribution is 5.94. The Morgan fingerprint density at radius 2 is 1.97 bits per heavy atom. The summed E-state index contributed by atoms with van der Waals surface area (Å²) in [5.41, 5.74) is 2.93. The monoisotopic (exact) mass is 396 g/mol. The van der Waals surface area contributed by atoms with E-state index in [1.807, 2.05) is 51.1 Å². The van der Waals surface area contributed by atoms with E-state index in [4.69, 9.17) is 9.47 Å². The minimum atomic E-state index is -0.318. The Hall–Kier alpha value is -2.37. The molecule has 0 spiro atoms. The van der Waals surface area contributed by atoms with Crippen molar-refractivity contribution in [1.29, 1.82) is 0 Å². The Labute approximate surface area is 173 Å². The SMILES string of the molecule is C[C@@H](NCc1cccc(NC(=O)[C@@H]2CCCO2)c1)c1ccc(OC(C)(C)C)cc1. The Morgan fingerprint density at radius 3 is 2.62 bits per heavy atom. The molecule has 0 saturated carbocycles. The maximum atomic E-state index is 12.2. The standard InChI is InChI=1S/C24H32N2O3/c1-17(19-10-12-21(13-11-19)29-24(2,3)4)25-16-18-7-5-8-20(15-18)26-23(27)22-9-6-14-28-22/h5,7-8,10-13,15,17,22,25H,6,9,14,16H2,1-4H3,(H,26,27)/t17-,22+/m1/s1. The van der Waals surface area contributed by atoms with Crippen molar-refractivity contribution < 1.29 is 14.3 Å². The molecule has 0 aromatic heterocycles. The Bertz CT molecular complexity index is 806. The molecule has 2 atom stereocenters. The molecule has 5 heteroatoms. The van der Waals surface area contributed by atoms with Crippen molar-refractivity contribution in [1.82, 2.24) is 5.32 Å². The zero-order valence-corrected chi connectivity index (χ0v) is 17.8. The number of hydrogen-bond acceptors (Lipinski definition) is 4. The average Bonchev–Trinajstić information content (AvgIpc) is 3.21. The fourth-order valence-corrected chi connectivity index (χ4v) is 3.33. The number of anilines is 1. The van der Waals surface area contributed by atoms with Gasteiger partial charge in [-0.05, 0) is 75.9 Å². The van der Waals surface area contributed by atoms with Crippen LogP contribution in [0.5, 0.6) is 5.75 Å². The Morgan fingerprint density at radius 1 is 1.21 bits per heavy atom. The molecule has 0 aliphatic carbocycles. The first kappa shape index (κ1) is 21.3. The predicted molar refractivity (Wildman–Crippen MR) is 116 cm³/mol. The third-order valence-electron chi connectivity index (χ3n) is 4.83. The van der Waals surface area contributed by atoms with E-state index in [1.54, 1.807) is 0 Å². The molecular weight excluding hydrogens is 364 g/mol. The molecule has 1 amide bonds. The summed E-state index contributed by atoms with van der Waals surface area (Å²) in [4.78, 5) is 12.2. The van der Waals surface area contributed by atoms with Gasteiger partial charge in [0.15, 0.2) is 0 Å². The van der Waals surface area contributed by atoms with E-state index in [2.05, 4.69) is 35.8 Å². The molecule has 5 nitrogen and oxygen atoms in total. The van der Waals surface area contributed by atoms with Gasteiger partial charge in [0.2, 0.25) is 0 Å². The molecule has 2 aromatic rings. The summed E-state index contributed by atoms with van der Waals surface area (Å²) in [6, 6.07) is 16.4. The van der Waals surface area contributed by atoms with Crippen LogP contribution in [0.4, 0.5) is 5.69 Å². The quantitative estimate of drug-likeness (QED) is 0.704. The van der Waals surface area contributed by atoms with Crippen LogP contribution < -0.4 is 15.4 Å². The van der Waals surface area contributed by atoms with Gasteiger partial charge in [0.05, 0.1) is 0 Å². The third-order valence-corrected chi connectivity index (χ3v) is 4.83. The first-order valence-corrected chi connectivity index (χ1v) is 10.3. The minimum Gasteiger partial charge on any atom is -0.488 e. The third kappa shape index (κ3) is 6.58. The van der Waals surface area contributed by atoms with Crippen molar-refractivity contribution in [2.24, 2.45) is 0 Å². The Kier molecular flexibility index (Phi) is 6.93. The summed E-state index contributed by atoms with van der Waals surface area (Å²) >= 11 is 0. The lowest BCUT2D eigenvalue weighted by atomic mass is 10.1. The summed E-state index contributed by atoms with van der Waals surface area (Å²) in [6.07, 6.45) is 1.43. The number of rotatable bonds is 7. The number of benzene rings is 2. The van der Waals surface area contributed by atoms with Gasteiger partial charge in [-0.1, -0.05) is 24.3 Å². The van der Waals surface area contributed by atoms with Gasteiger partial charge in [0.25, 0.3) is 5.91 Å². The van der Waals surface area contributed by atoms with Crippen molar-refractivity contribution in [2.45, 2.75) is 64.8 Å². The van der Waals surface area contributed by atoms with Crippen LogP contribution >= 0.6 is 0 Å². The summed E-state index contributed by atoms with van der Waals surface area (Å²) in [6.45, 7) is 9.66. The van der Waals surface area contributed by atoms with E-state index in [0.717, 1.165) is 29.8 Å². The van der Waals surface area contributed by atoms with Gasteiger partial charge < -0.3 is 20.1 Å². The minimum absolute atomic E-state index is 0.0569. The van der Waals surface area contributed by atoms with Crippen LogP contribution in [0.1, 0.15) is 57.7 Å². The second kappa shape index (κ2) is 9.42. The molecule has 1 saturated heterocycles. The van der Waals surface area contributed by atoms with Crippen LogP contribution in [0, 0.1) is 0 Å². The lowest BCUT2D eigenvalue weighted by molar-refractivity contribution is -0.124. The summed E-state index contributed by atoms with van der Waals surface area (Å²) in [5, 5.41) is 6.50. The number of hydrogen-bond donors (Lipinski definition) is 2. The lowest BCUT2D eigenvalue weighted by Crippen LogP contribution is -2.27. The molecule has 2 N–H and O–H groups in total. The van der Waals surface area contributed by atoms with Gasteiger partial charge in [-0.2, -0.15) is 0 Å². The zero-order chi connectivity index (χ0) is 20.9. The molecule has 0 radical (unpaired) electrons. The average molecular weight is 397 g/mol. The van der Waals surface area contributed by atoms with Crippen LogP contribution in [0.25, 0.3) is 0 Å². The van der Waals surface area contributed by atoms with Gasteiger partial charge in [-0.15, -0.1) is 0 Å². The fraction of sp³-hybridized carbons (Fsp3) is 0.458. The van der Waals surface area contributed by atoms with E-state index in [-0.39, 0.29) is 23.7 Å². The molecule has 0 unspecified atom stereocenters. The van der Waals surface area contributed by atoms with Crippen LogP contribution in [0.2, 0.25) is 0 Å². The predicted octanol–water partition coefficient (Wildman–Crippen LogP) is 4.83. The van der Waals surface area contributed by atoms with Gasteiger partial charge in [0.1, 0.15) is 17.5 Å². The summed E-state index contributed by atoms with van der Waals surface area (Å²) in [7, 11) is 0. The lowest BCUT2D eigenvalue weighted by Gasteiger charge is -2.22. The summed E-state index contributed by atoms with van der Waals surface area (Å²) in [5.74, 6) is 0.821. The summed E-state index contributed by atoms with van der Waals surface area (Å²) < 4.78 is 11.3.